The fourth-order valence-corrected chi connectivity index (χ4v) is 1.95. The van der Waals surface area contributed by atoms with E-state index in [0.29, 0.717) is 22.2 Å². The van der Waals surface area contributed by atoms with Gasteiger partial charge in [-0.05, 0) is 25.1 Å². The van der Waals surface area contributed by atoms with Crippen molar-refractivity contribution in [1.29, 1.82) is 0 Å². The van der Waals surface area contributed by atoms with Gasteiger partial charge in [0, 0.05) is 22.5 Å². The van der Waals surface area contributed by atoms with E-state index in [2.05, 4.69) is 25.9 Å². The molecule has 1 heterocycles. The van der Waals surface area contributed by atoms with Crippen molar-refractivity contribution < 1.29 is 4.39 Å². The molecule has 3 N–H and O–H groups in total. The number of hydrogen-bond acceptors (Lipinski definition) is 2. The van der Waals surface area contributed by atoms with Crippen molar-refractivity contribution in [3.63, 3.8) is 0 Å². The Hall–Kier alpha value is -1.20. The third-order valence-electron chi connectivity index (χ3n) is 2.37. The largest absolute Gasteiger partial charge is 0.342 e. The van der Waals surface area contributed by atoms with Crippen LogP contribution in [0.2, 0.25) is 0 Å². The first-order valence-corrected chi connectivity index (χ1v) is 6.10. The van der Waals surface area contributed by atoms with E-state index in [1.807, 2.05) is 6.92 Å². The molecule has 1 aromatic carbocycles. The number of hydrogen-bond donors (Lipinski definition) is 2. The Labute approximate surface area is 107 Å². The summed E-state index contributed by atoms with van der Waals surface area (Å²) in [5.41, 5.74) is 6.86. The van der Waals surface area contributed by atoms with Crippen molar-refractivity contribution in [1.82, 2.24) is 9.97 Å². The highest BCUT2D eigenvalue weighted by molar-refractivity contribution is 9.10. The maximum atomic E-state index is 13.7. The zero-order chi connectivity index (χ0) is 12.4. The maximum absolute atomic E-state index is 13.7. The van der Waals surface area contributed by atoms with Gasteiger partial charge in [-0.15, -0.1) is 0 Å². The van der Waals surface area contributed by atoms with E-state index in [4.69, 9.17) is 5.73 Å². The third kappa shape index (κ3) is 2.92. The molecule has 1 aromatic heterocycles. The first-order chi connectivity index (χ1) is 8.06. The van der Waals surface area contributed by atoms with Gasteiger partial charge in [-0.3, -0.25) is 0 Å². The van der Waals surface area contributed by atoms with Gasteiger partial charge in [-0.2, -0.15) is 0 Å². The van der Waals surface area contributed by atoms with Gasteiger partial charge in [0.2, 0.25) is 0 Å². The Morgan fingerprint density at radius 2 is 2.29 bits per heavy atom. The summed E-state index contributed by atoms with van der Waals surface area (Å²) in [4.78, 5) is 7.26. The number of benzene rings is 1. The minimum Gasteiger partial charge on any atom is -0.342 e. The van der Waals surface area contributed by atoms with Crippen LogP contribution < -0.4 is 5.73 Å². The van der Waals surface area contributed by atoms with Gasteiger partial charge in [0.05, 0.1) is 11.9 Å². The highest BCUT2D eigenvalue weighted by Crippen LogP contribution is 2.24. The predicted molar refractivity (Wildman–Crippen MR) is 69.0 cm³/mol. The summed E-state index contributed by atoms with van der Waals surface area (Å²) in [6.45, 7) is 1.91. The molecule has 0 saturated carbocycles. The van der Waals surface area contributed by atoms with E-state index in [0.717, 1.165) is 5.82 Å². The van der Waals surface area contributed by atoms with Gasteiger partial charge in [0.15, 0.2) is 0 Å². The fraction of sp³-hybridized carbons (Fsp3) is 0.250. The molecule has 0 fully saturated rings. The highest BCUT2D eigenvalue weighted by Gasteiger charge is 2.09. The van der Waals surface area contributed by atoms with Crippen molar-refractivity contribution in [3.8, 4) is 11.3 Å². The SMILES string of the molecule is CC(N)Cc1ncc(-c2ccc(Br)cc2F)[nH]1. The molecule has 1 unspecified atom stereocenters. The van der Waals surface area contributed by atoms with E-state index < -0.39 is 0 Å². The maximum Gasteiger partial charge on any atom is 0.133 e. The molecule has 0 spiro atoms. The normalized spacial score (nSPS) is 12.7. The highest BCUT2D eigenvalue weighted by atomic mass is 79.9. The molecule has 2 aromatic rings. The lowest BCUT2D eigenvalue weighted by atomic mass is 10.1. The molecule has 17 heavy (non-hydrogen) atoms. The lowest BCUT2D eigenvalue weighted by Gasteiger charge is -2.02. The third-order valence-corrected chi connectivity index (χ3v) is 2.86. The molecule has 1 atom stereocenters. The van der Waals surface area contributed by atoms with Gasteiger partial charge < -0.3 is 10.7 Å². The molecular formula is C12H13BrFN3. The minimum atomic E-state index is -0.282. The number of halogens is 2. The molecule has 90 valence electrons. The van der Waals surface area contributed by atoms with Crippen molar-refractivity contribution >= 4 is 15.9 Å². The van der Waals surface area contributed by atoms with Crippen LogP contribution in [0.3, 0.4) is 0 Å². The van der Waals surface area contributed by atoms with Gasteiger partial charge in [-0.25, -0.2) is 9.37 Å². The summed E-state index contributed by atoms with van der Waals surface area (Å²) in [6, 6.07) is 4.97. The number of rotatable bonds is 3. The van der Waals surface area contributed by atoms with Crippen LogP contribution in [0.25, 0.3) is 11.3 Å². The topological polar surface area (TPSA) is 54.7 Å². The number of nitrogens with zero attached hydrogens (tertiary/aromatic N) is 1. The zero-order valence-corrected chi connectivity index (χ0v) is 11.0. The quantitative estimate of drug-likeness (QED) is 0.915. The van der Waals surface area contributed by atoms with Gasteiger partial charge in [0.1, 0.15) is 11.6 Å². The van der Waals surface area contributed by atoms with Crippen molar-refractivity contribution in [3.05, 3.63) is 40.5 Å². The van der Waals surface area contributed by atoms with Gasteiger partial charge >= 0.3 is 0 Å². The van der Waals surface area contributed by atoms with Gasteiger partial charge in [0.25, 0.3) is 0 Å². The number of nitrogens with two attached hydrogens (primary N) is 1. The van der Waals surface area contributed by atoms with E-state index in [9.17, 15) is 4.39 Å². The summed E-state index contributed by atoms with van der Waals surface area (Å²) < 4.78 is 14.4. The van der Waals surface area contributed by atoms with Crippen LogP contribution in [0.15, 0.2) is 28.9 Å². The summed E-state index contributed by atoms with van der Waals surface area (Å²) in [7, 11) is 0. The summed E-state index contributed by atoms with van der Waals surface area (Å²) in [5.74, 6) is 0.493. The Morgan fingerprint density at radius 1 is 1.53 bits per heavy atom. The standard InChI is InChI=1S/C12H13BrFN3/c1-7(15)4-12-16-6-11(17-12)9-3-2-8(13)5-10(9)14/h2-3,5-7H,4,15H2,1H3,(H,16,17). The lowest BCUT2D eigenvalue weighted by molar-refractivity contribution is 0.630. The molecule has 0 aliphatic heterocycles. The fourth-order valence-electron chi connectivity index (χ4n) is 1.62. The molecule has 3 nitrogen and oxygen atoms in total. The smallest absolute Gasteiger partial charge is 0.133 e. The van der Waals surface area contributed by atoms with Crippen molar-refractivity contribution in [2.75, 3.05) is 0 Å². The zero-order valence-electron chi connectivity index (χ0n) is 9.37. The van der Waals surface area contributed by atoms with Crippen LogP contribution in [0.1, 0.15) is 12.7 Å². The van der Waals surface area contributed by atoms with Crippen molar-refractivity contribution in [2.24, 2.45) is 5.73 Å². The molecule has 5 heteroatoms. The van der Waals surface area contributed by atoms with Crippen LogP contribution in [-0.4, -0.2) is 16.0 Å². The van der Waals surface area contributed by atoms with E-state index in [1.165, 1.54) is 6.07 Å². The van der Waals surface area contributed by atoms with Crippen LogP contribution in [-0.2, 0) is 6.42 Å². The summed E-state index contributed by atoms with van der Waals surface area (Å²) >= 11 is 3.22. The Balaban J connectivity index is 2.30. The van der Waals surface area contributed by atoms with E-state index in [-0.39, 0.29) is 11.9 Å². The Bertz CT molecular complexity index is 522. The summed E-state index contributed by atoms with van der Waals surface area (Å²) in [5, 5.41) is 0. The van der Waals surface area contributed by atoms with Crippen molar-refractivity contribution in [2.45, 2.75) is 19.4 Å². The number of H-pyrrole nitrogens is 1. The number of imidazole rings is 1. The molecule has 0 aliphatic carbocycles. The monoisotopic (exact) mass is 297 g/mol. The number of aromatic nitrogens is 2. The molecule has 0 aliphatic rings. The molecule has 0 radical (unpaired) electrons. The predicted octanol–water partition coefficient (Wildman–Crippen LogP) is 2.87. The van der Waals surface area contributed by atoms with Crippen LogP contribution >= 0.6 is 15.9 Å². The number of nitrogens with one attached hydrogen (secondary N) is 1. The molecule has 0 amide bonds. The molecule has 2 rings (SSSR count). The van der Waals surface area contributed by atoms with Crippen LogP contribution in [0.4, 0.5) is 4.39 Å². The second-order valence-electron chi connectivity index (χ2n) is 4.05. The average Bonchev–Trinajstić information content (AvgIpc) is 2.65. The first kappa shape index (κ1) is 12.3. The lowest BCUT2D eigenvalue weighted by Crippen LogP contribution is -2.18. The second kappa shape index (κ2) is 4.98. The molecular weight excluding hydrogens is 285 g/mol. The minimum absolute atomic E-state index is 0.0313. The molecule has 0 saturated heterocycles. The van der Waals surface area contributed by atoms with E-state index in [1.54, 1.807) is 18.3 Å². The van der Waals surface area contributed by atoms with Crippen LogP contribution in [0, 0.1) is 5.82 Å². The Kier molecular flexibility index (Phi) is 3.59. The van der Waals surface area contributed by atoms with Crippen LogP contribution in [0.5, 0.6) is 0 Å². The van der Waals surface area contributed by atoms with Gasteiger partial charge in [-0.1, -0.05) is 15.9 Å². The summed E-state index contributed by atoms with van der Waals surface area (Å²) in [6.07, 6.45) is 2.28. The number of aromatic amines is 1. The molecule has 0 bridgehead atoms. The Morgan fingerprint density at radius 3 is 2.94 bits per heavy atom. The first-order valence-electron chi connectivity index (χ1n) is 5.31. The van der Waals surface area contributed by atoms with E-state index >= 15 is 0 Å². The average molecular weight is 298 g/mol. The second-order valence-corrected chi connectivity index (χ2v) is 4.96.